The molecule has 54 heavy (non-hydrogen) atoms. The molecule has 0 atom stereocenters. The van der Waals surface area contributed by atoms with Crippen molar-refractivity contribution in [2.75, 3.05) is 0 Å². The van der Waals surface area contributed by atoms with Crippen LogP contribution in [-0.4, -0.2) is 4.21 Å². The van der Waals surface area contributed by atoms with E-state index in [0.29, 0.717) is 5.41 Å². The van der Waals surface area contributed by atoms with Gasteiger partial charge in [-0.05, 0) is 70.2 Å². The molecule has 4 aromatic carbocycles. The Balaban J connectivity index is 0.000000305. The van der Waals surface area contributed by atoms with Gasteiger partial charge in [-0.25, -0.2) is 18.6 Å². The number of allylic oxidation sites excluding steroid dienone is 8. The van der Waals surface area contributed by atoms with Crippen molar-refractivity contribution in [2.45, 2.75) is 92.4 Å². The Morgan fingerprint density at radius 2 is 1.26 bits per heavy atom. The summed E-state index contributed by atoms with van der Waals surface area (Å²) < 4.78 is 27.1. The van der Waals surface area contributed by atoms with Gasteiger partial charge < -0.3 is 0 Å². The topological polar surface area (TPSA) is 0 Å². The minimum atomic E-state index is -0.234. The van der Waals surface area contributed by atoms with Crippen molar-refractivity contribution in [1.82, 2.24) is 0 Å². The van der Waals surface area contributed by atoms with Crippen LogP contribution in [0.2, 0.25) is 0 Å². The van der Waals surface area contributed by atoms with Crippen LogP contribution in [0.15, 0.2) is 103 Å². The summed E-state index contributed by atoms with van der Waals surface area (Å²) in [6.07, 6.45) is 17.8. The Hall–Kier alpha value is -3.10. The molecular formula is C49H54Cl2F2Zr-4. The second-order valence-corrected chi connectivity index (χ2v) is 15.9. The maximum absolute atomic E-state index is 11.9. The van der Waals surface area contributed by atoms with E-state index in [2.05, 4.69) is 140 Å². The Morgan fingerprint density at radius 3 is 1.67 bits per heavy atom. The van der Waals surface area contributed by atoms with Crippen LogP contribution in [0.3, 0.4) is 0 Å². The molecule has 0 fully saturated rings. The molecule has 0 aliphatic heterocycles. The van der Waals surface area contributed by atoms with Gasteiger partial charge in [0, 0.05) is 11.6 Å². The van der Waals surface area contributed by atoms with Crippen LogP contribution in [0.4, 0.5) is 8.78 Å². The molecule has 8 rings (SSSR count). The van der Waals surface area contributed by atoms with Gasteiger partial charge in [-0.2, -0.15) is 53.6 Å². The van der Waals surface area contributed by atoms with Gasteiger partial charge in [-0.1, -0.05) is 89.1 Å². The zero-order chi connectivity index (χ0) is 38.3. The van der Waals surface area contributed by atoms with Crippen LogP contribution in [-0.2, 0) is 41.5 Å². The summed E-state index contributed by atoms with van der Waals surface area (Å²) in [4.78, 5) is 0. The first kappa shape index (κ1) is 47.1. The number of hydrogen-bond acceptors (Lipinski definition) is 0. The Morgan fingerprint density at radius 1 is 0.741 bits per heavy atom. The third-order valence-corrected chi connectivity index (χ3v) is 10.0. The molecule has 0 saturated carbocycles. The molecule has 4 aliphatic rings. The van der Waals surface area contributed by atoms with Crippen molar-refractivity contribution in [3.8, 4) is 11.1 Å². The molecule has 0 nitrogen and oxygen atoms in total. The molecule has 0 unspecified atom stereocenters. The SMILES string of the molecule is CC(C)(C)C1=CC[C-]=C1.CC1=C[CH-]C(C)(C)c2cc3c(cc21)-c1cc2c(cc1C3)C(C)(C)CC=C2C.Cl.Cl.Fc1c[c-]ccc1.Fc1c[c-]ccc1.[CH2]=[Zr]. The van der Waals surface area contributed by atoms with Gasteiger partial charge in [-0.3, -0.25) is 14.9 Å². The van der Waals surface area contributed by atoms with E-state index in [4.69, 9.17) is 0 Å². The van der Waals surface area contributed by atoms with E-state index in [1.807, 2.05) is 0 Å². The molecule has 5 heteroatoms. The summed E-state index contributed by atoms with van der Waals surface area (Å²) in [5.74, 6) is -0.468. The second kappa shape index (κ2) is 20.2. The molecule has 0 amide bonds. The predicted octanol–water partition coefficient (Wildman–Crippen LogP) is 14.0. The zero-order valence-corrected chi connectivity index (χ0v) is 37.3. The molecular weight excluding hydrogens is 789 g/mol. The van der Waals surface area contributed by atoms with Gasteiger partial charge in [0.05, 0.1) is 0 Å². The molecule has 0 bridgehead atoms. The van der Waals surface area contributed by atoms with Gasteiger partial charge in [0.25, 0.3) is 0 Å². The van der Waals surface area contributed by atoms with Gasteiger partial charge >= 0.3 is 28.4 Å². The number of halogens is 4. The van der Waals surface area contributed by atoms with Gasteiger partial charge in [0.2, 0.25) is 0 Å². The third-order valence-electron chi connectivity index (χ3n) is 10.0. The van der Waals surface area contributed by atoms with Crippen molar-refractivity contribution in [3.05, 3.63) is 172 Å². The first-order valence-corrected chi connectivity index (χ1v) is 19.7. The molecule has 0 aromatic heterocycles. The normalized spacial score (nSPS) is 15.6. The summed E-state index contributed by atoms with van der Waals surface area (Å²) in [5.41, 5.74) is 16.7. The summed E-state index contributed by atoms with van der Waals surface area (Å²) in [7, 11) is 0. The molecule has 4 aromatic rings. The van der Waals surface area contributed by atoms with E-state index in [1.54, 1.807) is 24.3 Å². The molecule has 0 radical (unpaired) electrons. The summed E-state index contributed by atoms with van der Waals surface area (Å²) in [6.45, 7) is 20.6. The standard InChI is InChI=1S/C27H29.C9H13.2C6H4F.CH2.2ClH.Zr/c1-16-7-9-26(3,4)24-12-18-11-19-13-25-21(17(2)8-10-27(25,5)6)15-23(19)22(18)14-20(16)24;1-9(2,3)8-6-4-5-7-8;2*7-6-4-2-1-3-5-6;;;;/h7-9,12-15H,10-11H2,1-6H3;6-7H,4H2,1-3H3;2*1-2,4-5H;1H2;2*1H;/q4*-1;;;;. The van der Waals surface area contributed by atoms with E-state index in [0.717, 1.165) is 19.3 Å². The van der Waals surface area contributed by atoms with Gasteiger partial charge in [0.15, 0.2) is 0 Å². The first-order chi connectivity index (χ1) is 24.6. The molecule has 286 valence electrons. The molecule has 0 spiro atoms. The average Bonchev–Trinajstić information content (AvgIpc) is 3.79. The fourth-order valence-corrected chi connectivity index (χ4v) is 6.84. The van der Waals surface area contributed by atoms with Crippen LogP contribution < -0.4 is 0 Å². The van der Waals surface area contributed by atoms with E-state index in [1.165, 1.54) is 110 Å². The number of rotatable bonds is 0. The van der Waals surface area contributed by atoms with E-state index in [9.17, 15) is 8.78 Å². The fourth-order valence-electron chi connectivity index (χ4n) is 6.84. The van der Waals surface area contributed by atoms with Crippen molar-refractivity contribution in [3.63, 3.8) is 0 Å². The molecule has 0 N–H and O–H groups in total. The maximum atomic E-state index is 11.9. The van der Waals surface area contributed by atoms with E-state index in [-0.39, 0.29) is 47.3 Å². The van der Waals surface area contributed by atoms with Crippen LogP contribution >= 0.6 is 24.8 Å². The zero-order valence-electron chi connectivity index (χ0n) is 33.2. The van der Waals surface area contributed by atoms with Crippen molar-refractivity contribution in [1.29, 1.82) is 0 Å². The van der Waals surface area contributed by atoms with Crippen molar-refractivity contribution >= 4 is 40.2 Å². The van der Waals surface area contributed by atoms with E-state index < -0.39 is 0 Å². The van der Waals surface area contributed by atoms with Crippen LogP contribution in [0.1, 0.15) is 109 Å². The minimum absolute atomic E-state index is 0. The molecule has 0 heterocycles. The van der Waals surface area contributed by atoms with Gasteiger partial charge in [0.1, 0.15) is 0 Å². The third kappa shape index (κ3) is 11.7. The Labute approximate surface area is 352 Å². The van der Waals surface area contributed by atoms with Crippen LogP contribution in [0.5, 0.6) is 0 Å². The Kier molecular flexibility index (Phi) is 17.6. The quantitative estimate of drug-likeness (QED) is 0.136. The number of benzene rings is 4. The predicted molar refractivity (Wildman–Crippen MR) is 229 cm³/mol. The van der Waals surface area contributed by atoms with Crippen LogP contribution in [0.25, 0.3) is 22.3 Å². The van der Waals surface area contributed by atoms with Crippen LogP contribution in [0, 0.1) is 41.7 Å². The molecule has 4 aliphatic carbocycles. The van der Waals surface area contributed by atoms with Crippen molar-refractivity contribution in [2.24, 2.45) is 5.41 Å². The number of hydrogen-bond donors (Lipinski definition) is 0. The summed E-state index contributed by atoms with van der Waals surface area (Å²) >= 11 is 1.30. The average molecular weight is 843 g/mol. The van der Waals surface area contributed by atoms with E-state index >= 15 is 0 Å². The summed E-state index contributed by atoms with van der Waals surface area (Å²) in [5, 5.41) is 0. The Bertz CT molecular complexity index is 1850. The fraction of sp³-hybridized carbons (Fsp3) is 0.306. The second-order valence-electron chi connectivity index (χ2n) is 15.9. The first-order valence-electron chi connectivity index (χ1n) is 18.0. The van der Waals surface area contributed by atoms with Gasteiger partial charge in [-0.15, -0.1) is 68.0 Å². The number of fused-ring (bicyclic) bond motifs is 5. The monoisotopic (exact) mass is 840 g/mol. The molecule has 0 saturated heterocycles. The summed E-state index contributed by atoms with van der Waals surface area (Å²) in [6, 6.07) is 27.0. The van der Waals surface area contributed by atoms with Crippen molar-refractivity contribution < 1.29 is 33.0 Å².